The average molecular weight is 399 g/mol. The van der Waals surface area contributed by atoms with E-state index in [0.29, 0.717) is 32.6 Å². The van der Waals surface area contributed by atoms with Gasteiger partial charge >= 0.3 is 0 Å². The monoisotopic (exact) mass is 398 g/mol. The average Bonchev–Trinajstić information content (AvgIpc) is 2.79. The Kier molecular flexibility index (Phi) is 7.90. The summed E-state index contributed by atoms with van der Waals surface area (Å²) in [6, 6.07) is 16.0. The summed E-state index contributed by atoms with van der Waals surface area (Å²) < 4.78 is 16.1. The second kappa shape index (κ2) is 10.8. The molecule has 0 aromatic heterocycles. The van der Waals surface area contributed by atoms with E-state index in [4.69, 9.17) is 14.2 Å². The zero-order valence-corrected chi connectivity index (χ0v) is 17.2. The summed E-state index contributed by atoms with van der Waals surface area (Å²) in [5.74, 6) is 1.70. The van der Waals surface area contributed by atoms with E-state index in [1.807, 2.05) is 36.4 Å². The van der Waals surface area contributed by atoms with Crippen molar-refractivity contribution in [3.8, 4) is 11.5 Å². The van der Waals surface area contributed by atoms with E-state index < -0.39 is 0 Å². The molecule has 1 saturated heterocycles. The van der Waals surface area contributed by atoms with E-state index in [1.54, 1.807) is 14.2 Å². The fourth-order valence-corrected chi connectivity index (χ4v) is 3.63. The normalized spacial score (nSPS) is 15.5. The molecule has 1 aliphatic rings. The van der Waals surface area contributed by atoms with Crippen LogP contribution in [0.25, 0.3) is 0 Å². The van der Waals surface area contributed by atoms with Gasteiger partial charge in [-0.15, -0.1) is 0 Å². The van der Waals surface area contributed by atoms with Crippen LogP contribution in [-0.2, 0) is 16.0 Å². The zero-order valence-electron chi connectivity index (χ0n) is 17.2. The summed E-state index contributed by atoms with van der Waals surface area (Å²) in [6.45, 7) is 3.71. The predicted molar refractivity (Wildman–Crippen MR) is 112 cm³/mol. The molecule has 0 bridgehead atoms. The number of carbonyl (C=O) groups excluding carboxylic acids is 1. The molecule has 1 atom stereocenters. The van der Waals surface area contributed by atoms with Gasteiger partial charge in [-0.25, -0.2) is 0 Å². The SMILES string of the molecule is COc1ccc(C(CNC(=O)CCc2ccccc2OC)N2CCOCC2)cc1. The topological polar surface area (TPSA) is 60.0 Å². The van der Waals surface area contributed by atoms with Crippen molar-refractivity contribution in [2.75, 3.05) is 47.1 Å². The molecule has 1 unspecified atom stereocenters. The fraction of sp³-hybridized carbons (Fsp3) is 0.435. The molecule has 1 N–H and O–H groups in total. The summed E-state index contributed by atoms with van der Waals surface area (Å²) in [4.78, 5) is 14.9. The molecule has 1 heterocycles. The Bertz CT molecular complexity index is 773. The summed E-state index contributed by atoms with van der Waals surface area (Å²) in [7, 11) is 3.32. The maximum Gasteiger partial charge on any atom is 0.220 e. The highest BCUT2D eigenvalue weighted by atomic mass is 16.5. The minimum atomic E-state index is 0.0441. The quantitative estimate of drug-likeness (QED) is 0.704. The maximum atomic E-state index is 12.5. The number of morpholine rings is 1. The molecule has 0 aliphatic carbocycles. The van der Waals surface area contributed by atoms with Crippen LogP contribution in [-0.4, -0.2) is 57.9 Å². The van der Waals surface area contributed by atoms with Gasteiger partial charge in [0.25, 0.3) is 0 Å². The van der Waals surface area contributed by atoms with Crippen LogP contribution >= 0.6 is 0 Å². The van der Waals surface area contributed by atoms with Crippen LogP contribution in [0.2, 0.25) is 0 Å². The number of methoxy groups -OCH3 is 2. The standard InChI is InChI=1S/C23H30N2O4/c1-27-20-10-7-18(8-11-20)21(25-13-15-29-16-14-25)17-24-23(26)12-9-19-5-3-4-6-22(19)28-2/h3-8,10-11,21H,9,12-17H2,1-2H3,(H,24,26). The van der Waals surface area contributed by atoms with E-state index in [2.05, 4.69) is 22.3 Å². The molecule has 0 radical (unpaired) electrons. The van der Waals surface area contributed by atoms with Crippen LogP contribution in [0.15, 0.2) is 48.5 Å². The number of aryl methyl sites for hydroxylation is 1. The molecule has 1 fully saturated rings. The second-order valence-electron chi connectivity index (χ2n) is 7.05. The molecule has 0 saturated carbocycles. The molecule has 2 aromatic rings. The van der Waals surface area contributed by atoms with Gasteiger partial charge in [0.05, 0.1) is 33.5 Å². The Morgan fingerprint density at radius 2 is 1.79 bits per heavy atom. The van der Waals surface area contributed by atoms with Gasteiger partial charge in [0.15, 0.2) is 0 Å². The minimum Gasteiger partial charge on any atom is -0.497 e. The Balaban J connectivity index is 1.60. The van der Waals surface area contributed by atoms with Gasteiger partial charge < -0.3 is 19.5 Å². The molecule has 1 aliphatic heterocycles. The number of nitrogens with one attached hydrogen (secondary N) is 1. The number of carbonyl (C=O) groups is 1. The van der Waals surface area contributed by atoms with Crippen molar-refractivity contribution in [2.24, 2.45) is 0 Å². The third-order valence-electron chi connectivity index (χ3n) is 5.29. The highest BCUT2D eigenvalue weighted by Crippen LogP contribution is 2.24. The number of para-hydroxylation sites is 1. The van der Waals surface area contributed by atoms with Crippen molar-refractivity contribution in [1.82, 2.24) is 10.2 Å². The number of rotatable bonds is 9. The first-order valence-corrected chi connectivity index (χ1v) is 10.1. The van der Waals surface area contributed by atoms with Gasteiger partial charge in [-0.1, -0.05) is 30.3 Å². The van der Waals surface area contributed by atoms with E-state index in [1.165, 1.54) is 0 Å². The van der Waals surface area contributed by atoms with E-state index in [9.17, 15) is 4.79 Å². The summed E-state index contributed by atoms with van der Waals surface area (Å²) in [6.07, 6.45) is 1.08. The largest absolute Gasteiger partial charge is 0.497 e. The number of hydrogen-bond donors (Lipinski definition) is 1. The number of benzene rings is 2. The lowest BCUT2D eigenvalue weighted by Gasteiger charge is -2.35. The Morgan fingerprint density at radius 3 is 2.48 bits per heavy atom. The van der Waals surface area contributed by atoms with Crippen molar-refractivity contribution < 1.29 is 19.0 Å². The lowest BCUT2D eigenvalue weighted by molar-refractivity contribution is -0.121. The van der Waals surface area contributed by atoms with Crippen LogP contribution in [0.1, 0.15) is 23.6 Å². The molecule has 3 rings (SSSR count). The van der Waals surface area contributed by atoms with Crippen LogP contribution < -0.4 is 14.8 Å². The molecule has 1 amide bonds. The molecule has 156 valence electrons. The van der Waals surface area contributed by atoms with E-state index in [0.717, 1.165) is 35.7 Å². The summed E-state index contributed by atoms with van der Waals surface area (Å²) in [5, 5.41) is 3.12. The molecule has 6 nitrogen and oxygen atoms in total. The van der Waals surface area contributed by atoms with Gasteiger partial charge in [-0.05, 0) is 35.7 Å². The highest BCUT2D eigenvalue weighted by Gasteiger charge is 2.23. The third kappa shape index (κ3) is 5.95. The van der Waals surface area contributed by atoms with Crippen LogP contribution in [0, 0.1) is 0 Å². The molecule has 2 aromatic carbocycles. The van der Waals surface area contributed by atoms with Crippen LogP contribution in [0.3, 0.4) is 0 Å². The molecular weight excluding hydrogens is 368 g/mol. The lowest BCUT2D eigenvalue weighted by atomic mass is 10.0. The van der Waals surface area contributed by atoms with Crippen molar-refractivity contribution in [3.63, 3.8) is 0 Å². The maximum absolute atomic E-state index is 12.5. The highest BCUT2D eigenvalue weighted by molar-refractivity contribution is 5.76. The predicted octanol–water partition coefficient (Wildman–Crippen LogP) is 2.83. The van der Waals surface area contributed by atoms with Crippen molar-refractivity contribution in [1.29, 1.82) is 0 Å². The first-order chi connectivity index (χ1) is 14.2. The Labute approximate surface area is 172 Å². The molecular formula is C23H30N2O4. The molecule has 29 heavy (non-hydrogen) atoms. The summed E-state index contributed by atoms with van der Waals surface area (Å²) in [5.41, 5.74) is 2.21. The van der Waals surface area contributed by atoms with Gasteiger partial charge in [0, 0.05) is 26.1 Å². The van der Waals surface area contributed by atoms with Crippen molar-refractivity contribution in [2.45, 2.75) is 18.9 Å². The van der Waals surface area contributed by atoms with Crippen LogP contribution in [0.5, 0.6) is 11.5 Å². The third-order valence-corrected chi connectivity index (χ3v) is 5.29. The number of amides is 1. The second-order valence-corrected chi connectivity index (χ2v) is 7.05. The van der Waals surface area contributed by atoms with Crippen molar-refractivity contribution in [3.05, 3.63) is 59.7 Å². The van der Waals surface area contributed by atoms with Crippen LogP contribution in [0.4, 0.5) is 0 Å². The van der Waals surface area contributed by atoms with Crippen molar-refractivity contribution >= 4 is 5.91 Å². The fourth-order valence-electron chi connectivity index (χ4n) is 3.63. The first-order valence-electron chi connectivity index (χ1n) is 10.1. The number of ether oxygens (including phenoxy) is 3. The van der Waals surface area contributed by atoms with E-state index >= 15 is 0 Å². The lowest BCUT2D eigenvalue weighted by Crippen LogP contribution is -2.43. The Morgan fingerprint density at radius 1 is 1.07 bits per heavy atom. The molecule has 0 spiro atoms. The first kappa shape index (κ1) is 21.1. The summed E-state index contributed by atoms with van der Waals surface area (Å²) >= 11 is 0. The van der Waals surface area contributed by atoms with Gasteiger partial charge in [0.1, 0.15) is 11.5 Å². The van der Waals surface area contributed by atoms with Gasteiger partial charge in [-0.2, -0.15) is 0 Å². The van der Waals surface area contributed by atoms with E-state index in [-0.39, 0.29) is 11.9 Å². The Hall–Kier alpha value is -2.57. The number of hydrogen-bond acceptors (Lipinski definition) is 5. The minimum absolute atomic E-state index is 0.0441. The number of nitrogens with zero attached hydrogens (tertiary/aromatic N) is 1. The zero-order chi connectivity index (χ0) is 20.5. The van der Waals surface area contributed by atoms with Gasteiger partial charge in [-0.3, -0.25) is 9.69 Å². The molecule has 6 heteroatoms. The smallest absolute Gasteiger partial charge is 0.220 e. The van der Waals surface area contributed by atoms with Gasteiger partial charge in [0.2, 0.25) is 5.91 Å².